The number of ether oxygens (including phenoxy) is 1. The van der Waals surface area contributed by atoms with Crippen LogP contribution in [0.3, 0.4) is 0 Å². The van der Waals surface area contributed by atoms with E-state index in [0.29, 0.717) is 17.9 Å². The van der Waals surface area contributed by atoms with E-state index in [1.165, 1.54) is 103 Å². The standard InChI is InChI=1S/C27H46O/c1-3-5-6-21-28-27-19-17-26(18-20-27)25-15-13-24(14-16-25)12-11-23-9-7-22(4-2)8-10-23/h22-27H,3-10,13-21H2,1-2H3. The highest BCUT2D eigenvalue weighted by atomic mass is 16.5. The second kappa shape index (κ2) is 12.3. The molecule has 0 N–H and O–H groups in total. The van der Waals surface area contributed by atoms with Gasteiger partial charge in [-0.25, -0.2) is 0 Å². The zero-order chi connectivity index (χ0) is 19.6. The molecule has 1 heteroatoms. The van der Waals surface area contributed by atoms with Crippen molar-refractivity contribution >= 4 is 0 Å². The Labute approximate surface area is 175 Å². The smallest absolute Gasteiger partial charge is 0.0575 e. The molecule has 3 rings (SSSR count). The lowest BCUT2D eigenvalue weighted by atomic mass is 9.70. The van der Waals surface area contributed by atoms with E-state index in [2.05, 4.69) is 25.7 Å². The van der Waals surface area contributed by atoms with Crippen LogP contribution in [0.15, 0.2) is 0 Å². The van der Waals surface area contributed by atoms with Crippen molar-refractivity contribution in [1.82, 2.24) is 0 Å². The first-order valence-electron chi connectivity index (χ1n) is 12.9. The maximum absolute atomic E-state index is 6.12. The number of hydrogen-bond donors (Lipinski definition) is 0. The van der Waals surface area contributed by atoms with E-state index in [-0.39, 0.29) is 0 Å². The second-order valence-corrected chi connectivity index (χ2v) is 10.1. The second-order valence-electron chi connectivity index (χ2n) is 10.1. The Hall–Kier alpha value is -0.480. The van der Waals surface area contributed by atoms with Gasteiger partial charge in [0.2, 0.25) is 0 Å². The molecule has 3 aliphatic rings. The van der Waals surface area contributed by atoms with Gasteiger partial charge in [-0.05, 0) is 101 Å². The molecule has 3 fully saturated rings. The fraction of sp³-hybridized carbons (Fsp3) is 0.926. The highest BCUT2D eigenvalue weighted by Gasteiger charge is 2.30. The fourth-order valence-corrected chi connectivity index (χ4v) is 6.01. The van der Waals surface area contributed by atoms with Crippen molar-refractivity contribution in [3.05, 3.63) is 0 Å². The van der Waals surface area contributed by atoms with Gasteiger partial charge in [0.25, 0.3) is 0 Å². The first kappa shape index (κ1) is 22.2. The van der Waals surface area contributed by atoms with Crippen molar-refractivity contribution < 1.29 is 4.74 Å². The van der Waals surface area contributed by atoms with Gasteiger partial charge in [-0.3, -0.25) is 0 Å². The van der Waals surface area contributed by atoms with Crippen molar-refractivity contribution in [3.63, 3.8) is 0 Å². The lowest BCUT2D eigenvalue weighted by Crippen LogP contribution is -2.28. The van der Waals surface area contributed by atoms with Crippen LogP contribution in [0.25, 0.3) is 0 Å². The predicted octanol–water partition coefficient (Wildman–Crippen LogP) is 7.78. The number of hydrogen-bond acceptors (Lipinski definition) is 1. The Morgan fingerprint density at radius 3 is 1.71 bits per heavy atom. The zero-order valence-electron chi connectivity index (χ0n) is 18.9. The van der Waals surface area contributed by atoms with Gasteiger partial charge in [0.1, 0.15) is 0 Å². The molecule has 0 aliphatic heterocycles. The van der Waals surface area contributed by atoms with E-state index < -0.39 is 0 Å². The lowest BCUT2D eigenvalue weighted by molar-refractivity contribution is 0.00615. The van der Waals surface area contributed by atoms with E-state index >= 15 is 0 Å². The van der Waals surface area contributed by atoms with Crippen molar-refractivity contribution in [2.75, 3.05) is 6.61 Å². The summed E-state index contributed by atoms with van der Waals surface area (Å²) in [6.45, 7) is 5.61. The third-order valence-electron chi connectivity index (χ3n) is 8.17. The third kappa shape index (κ3) is 7.09. The van der Waals surface area contributed by atoms with Crippen molar-refractivity contribution in [2.24, 2.45) is 29.6 Å². The summed E-state index contributed by atoms with van der Waals surface area (Å²) < 4.78 is 6.12. The zero-order valence-corrected chi connectivity index (χ0v) is 18.9. The van der Waals surface area contributed by atoms with Gasteiger partial charge in [-0.2, -0.15) is 0 Å². The van der Waals surface area contributed by atoms with Gasteiger partial charge in [-0.15, -0.1) is 0 Å². The van der Waals surface area contributed by atoms with E-state index in [0.717, 1.165) is 24.4 Å². The van der Waals surface area contributed by atoms with Crippen molar-refractivity contribution in [3.8, 4) is 11.8 Å². The molecule has 160 valence electrons. The molecule has 0 atom stereocenters. The summed E-state index contributed by atoms with van der Waals surface area (Å²) >= 11 is 0. The van der Waals surface area contributed by atoms with Crippen LogP contribution in [0, 0.1) is 41.4 Å². The molecule has 3 saturated carbocycles. The first-order chi connectivity index (χ1) is 13.8. The molecule has 1 nitrogen and oxygen atoms in total. The average Bonchev–Trinajstić information content (AvgIpc) is 2.76. The summed E-state index contributed by atoms with van der Waals surface area (Å²) in [6.07, 6.45) is 22.5. The predicted molar refractivity (Wildman–Crippen MR) is 120 cm³/mol. The molecular weight excluding hydrogens is 340 g/mol. The maximum atomic E-state index is 6.12. The molecule has 0 bridgehead atoms. The molecule has 0 unspecified atom stereocenters. The molecule has 28 heavy (non-hydrogen) atoms. The average molecular weight is 387 g/mol. The van der Waals surface area contributed by atoms with Gasteiger partial charge in [0, 0.05) is 18.4 Å². The summed E-state index contributed by atoms with van der Waals surface area (Å²) in [4.78, 5) is 0. The highest BCUT2D eigenvalue weighted by Crippen LogP contribution is 2.40. The quantitative estimate of drug-likeness (QED) is 0.320. The Morgan fingerprint density at radius 1 is 0.643 bits per heavy atom. The Balaban J connectivity index is 1.30. The summed E-state index contributed by atoms with van der Waals surface area (Å²) in [5.41, 5.74) is 0. The highest BCUT2D eigenvalue weighted by molar-refractivity contribution is 5.09. The monoisotopic (exact) mass is 386 g/mol. The fourth-order valence-electron chi connectivity index (χ4n) is 6.01. The molecule has 0 aromatic carbocycles. The van der Waals surface area contributed by atoms with Crippen LogP contribution < -0.4 is 0 Å². The van der Waals surface area contributed by atoms with Crippen LogP contribution >= 0.6 is 0 Å². The molecule has 0 aromatic heterocycles. The number of rotatable bonds is 7. The topological polar surface area (TPSA) is 9.23 Å². The molecule has 3 aliphatic carbocycles. The van der Waals surface area contributed by atoms with Gasteiger partial charge in [-0.1, -0.05) is 45.0 Å². The Bertz CT molecular complexity index is 462. The minimum Gasteiger partial charge on any atom is -0.378 e. The third-order valence-corrected chi connectivity index (χ3v) is 8.17. The van der Waals surface area contributed by atoms with Crippen LogP contribution in [0.4, 0.5) is 0 Å². The SMILES string of the molecule is CCCCCOC1CCC(C2CCC(C#CC3CCC(CC)CC3)CC2)CC1. The lowest BCUT2D eigenvalue weighted by Gasteiger charge is -2.37. The van der Waals surface area contributed by atoms with Crippen LogP contribution in [0.1, 0.15) is 117 Å². The van der Waals surface area contributed by atoms with Gasteiger partial charge in [0.15, 0.2) is 0 Å². The van der Waals surface area contributed by atoms with Gasteiger partial charge in [0.05, 0.1) is 6.10 Å². The van der Waals surface area contributed by atoms with Crippen molar-refractivity contribution in [2.45, 2.75) is 123 Å². The van der Waals surface area contributed by atoms with Crippen molar-refractivity contribution in [1.29, 1.82) is 0 Å². The van der Waals surface area contributed by atoms with E-state index in [9.17, 15) is 0 Å². The van der Waals surface area contributed by atoms with Crippen LogP contribution in [-0.2, 0) is 4.74 Å². The molecular formula is C27H46O. The van der Waals surface area contributed by atoms with E-state index in [1.54, 1.807) is 0 Å². The van der Waals surface area contributed by atoms with Crippen LogP contribution in [0.5, 0.6) is 0 Å². The van der Waals surface area contributed by atoms with Gasteiger partial charge < -0.3 is 4.74 Å². The Morgan fingerprint density at radius 2 is 1.18 bits per heavy atom. The minimum atomic E-state index is 0.568. The summed E-state index contributed by atoms with van der Waals surface area (Å²) in [6, 6.07) is 0. The molecule has 0 spiro atoms. The summed E-state index contributed by atoms with van der Waals surface area (Å²) in [5, 5.41) is 0. The largest absolute Gasteiger partial charge is 0.378 e. The van der Waals surface area contributed by atoms with Crippen LogP contribution in [0.2, 0.25) is 0 Å². The molecule has 0 saturated heterocycles. The molecule has 0 radical (unpaired) electrons. The minimum absolute atomic E-state index is 0.568. The molecule has 0 amide bonds. The van der Waals surface area contributed by atoms with Crippen LogP contribution in [-0.4, -0.2) is 12.7 Å². The van der Waals surface area contributed by atoms with Gasteiger partial charge >= 0.3 is 0 Å². The molecule has 0 aromatic rings. The van der Waals surface area contributed by atoms with E-state index in [1.807, 2.05) is 0 Å². The normalized spacial score (nSPS) is 36.5. The Kier molecular flexibility index (Phi) is 9.73. The first-order valence-corrected chi connectivity index (χ1v) is 12.9. The van der Waals surface area contributed by atoms with E-state index in [4.69, 9.17) is 4.74 Å². The summed E-state index contributed by atoms with van der Waals surface area (Å²) in [7, 11) is 0. The summed E-state index contributed by atoms with van der Waals surface area (Å²) in [5.74, 6) is 11.8. The number of unbranched alkanes of at least 4 members (excludes halogenated alkanes) is 2. The molecule has 0 heterocycles. The maximum Gasteiger partial charge on any atom is 0.0575 e.